The first-order valence-electron chi connectivity index (χ1n) is 18.0. The maximum atomic E-state index is 12.3. The highest BCUT2D eigenvalue weighted by Gasteiger charge is 2.23. The standard InChI is InChI=1S/C40H52O4S4/c1-3-5-7-9-11-13-15-17-19-37(41)43-33-25-21-31(22-26-33)35-29-45-39(47-35)40-46-30-36(48-40)32-23-27-34(28-24-32)44-38(42)20-18-16-14-12-10-8-6-4-2/h21-30H,3-20H2,1-2H3/b40-39+. The van der Waals surface area contributed by atoms with Gasteiger partial charge in [0.2, 0.25) is 0 Å². The summed E-state index contributed by atoms with van der Waals surface area (Å²) in [5.74, 6) is 0.930. The number of esters is 2. The zero-order chi connectivity index (χ0) is 33.8. The zero-order valence-electron chi connectivity index (χ0n) is 28.8. The Kier molecular flexibility index (Phi) is 18.3. The summed E-state index contributed by atoms with van der Waals surface area (Å²) in [4.78, 5) is 27.0. The molecule has 0 aromatic heterocycles. The molecule has 8 heteroatoms. The van der Waals surface area contributed by atoms with Crippen molar-refractivity contribution >= 4 is 68.8 Å². The predicted molar refractivity (Wildman–Crippen MR) is 212 cm³/mol. The molecule has 0 atom stereocenters. The largest absolute Gasteiger partial charge is 0.427 e. The molecule has 0 bridgehead atoms. The second-order valence-electron chi connectivity index (χ2n) is 12.4. The van der Waals surface area contributed by atoms with Crippen molar-refractivity contribution in [3.63, 3.8) is 0 Å². The van der Waals surface area contributed by atoms with Crippen molar-refractivity contribution in [3.8, 4) is 11.5 Å². The van der Waals surface area contributed by atoms with E-state index in [0.29, 0.717) is 24.3 Å². The van der Waals surface area contributed by atoms with Gasteiger partial charge in [0.1, 0.15) is 11.5 Å². The van der Waals surface area contributed by atoms with Crippen molar-refractivity contribution in [3.05, 3.63) is 78.9 Å². The van der Waals surface area contributed by atoms with Crippen molar-refractivity contribution in [1.29, 1.82) is 0 Å². The maximum absolute atomic E-state index is 12.3. The lowest BCUT2D eigenvalue weighted by Gasteiger charge is -2.08. The topological polar surface area (TPSA) is 52.6 Å². The normalized spacial score (nSPS) is 15.8. The zero-order valence-corrected chi connectivity index (χ0v) is 32.0. The van der Waals surface area contributed by atoms with E-state index in [1.54, 1.807) is 47.0 Å². The van der Waals surface area contributed by atoms with E-state index in [1.807, 2.05) is 48.5 Å². The second-order valence-corrected chi connectivity index (χ2v) is 16.8. The van der Waals surface area contributed by atoms with Gasteiger partial charge >= 0.3 is 11.9 Å². The Balaban J connectivity index is 1.14. The van der Waals surface area contributed by atoms with Crippen molar-refractivity contribution in [1.82, 2.24) is 0 Å². The molecule has 0 spiro atoms. The summed E-state index contributed by atoms with van der Waals surface area (Å²) in [5.41, 5.74) is 2.25. The van der Waals surface area contributed by atoms with E-state index in [2.05, 4.69) is 24.7 Å². The number of carbonyl (C=O) groups is 2. The first kappa shape index (κ1) is 38.8. The molecule has 2 aromatic carbocycles. The summed E-state index contributed by atoms with van der Waals surface area (Å²) in [7, 11) is 0. The van der Waals surface area contributed by atoms with Crippen LogP contribution in [0.2, 0.25) is 0 Å². The summed E-state index contributed by atoms with van der Waals surface area (Å²) in [6, 6.07) is 15.7. The van der Waals surface area contributed by atoms with Gasteiger partial charge in [-0.15, -0.1) is 0 Å². The van der Waals surface area contributed by atoms with Crippen molar-refractivity contribution in [2.45, 2.75) is 129 Å². The quantitative estimate of drug-likeness (QED) is 0.0676. The Hall–Kier alpha value is -2.00. The first-order valence-corrected chi connectivity index (χ1v) is 21.4. The number of carbonyl (C=O) groups excluding carboxylic acids is 2. The third-order valence-corrected chi connectivity index (χ3v) is 13.7. The number of unbranched alkanes of at least 4 members (excludes halogenated alkanes) is 14. The Bertz CT molecular complexity index is 1270. The molecule has 0 fully saturated rings. The summed E-state index contributed by atoms with van der Waals surface area (Å²) in [5, 5.41) is 4.40. The fourth-order valence-electron chi connectivity index (χ4n) is 5.49. The molecule has 0 N–H and O–H groups in total. The van der Waals surface area contributed by atoms with Crippen LogP contribution in [-0.2, 0) is 9.59 Å². The Morgan fingerprint density at radius 3 is 1.17 bits per heavy atom. The minimum atomic E-state index is -0.144. The molecule has 2 aliphatic rings. The lowest BCUT2D eigenvalue weighted by molar-refractivity contribution is -0.135. The smallest absolute Gasteiger partial charge is 0.311 e. The highest BCUT2D eigenvalue weighted by Crippen LogP contribution is 2.59. The van der Waals surface area contributed by atoms with E-state index >= 15 is 0 Å². The minimum Gasteiger partial charge on any atom is -0.427 e. The highest BCUT2D eigenvalue weighted by molar-refractivity contribution is 8.36. The fourth-order valence-corrected chi connectivity index (χ4v) is 10.4. The number of benzene rings is 2. The molecular weight excluding hydrogens is 673 g/mol. The molecule has 4 nitrogen and oxygen atoms in total. The molecular formula is C40H52O4S4. The molecule has 4 rings (SSSR count). The fraction of sp³-hybridized carbons (Fsp3) is 0.500. The number of thioether (sulfide) groups is 4. The van der Waals surface area contributed by atoms with Crippen LogP contribution in [0.4, 0.5) is 0 Å². The van der Waals surface area contributed by atoms with Crippen LogP contribution >= 0.6 is 47.0 Å². The summed E-state index contributed by atoms with van der Waals surface area (Å²) in [6.07, 6.45) is 20.4. The maximum Gasteiger partial charge on any atom is 0.311 e. The second kappa shape index (κ2) is 22.7. The Labute approximate surface area is 306 Å². The third kappa shape index (κ3) is 14.1. The van der Waals surface area contributed by atoms with Crippen LogP contribution in [0.3, 0.4) is 0 Å². The molecule has 0 unspecified atom stereocenters. The van der Waals surface area contributed by atoms with Gasteiger partial charge in [-0.25, -0.2) is 0 Å². The van der Waals surface area contributed by atoms with Crippen LogP contribution in [0, 0.1) is 0 Å². The van der Waals surface area contributed by atoms with Gasteiger partial charge in [-0.1, -0.05) is 175 Å². The number of ether oxygens (including phenoxy) is 2. The van der Waals surface area contributed by atoms with E-state index in [0.717, 1.165) is 36.8 Å². The third-order valence-electron chi connectivity index (χ3n) is 8.33. The number of hydrogen-bond acceptors (Lipinski definition) is 8. The molecule has 0 aliphatic carbocycles. The van der Waals surface area contributed by atoms with Gasteiger partial charge in [-0.05, 0) is 59.1 Å². The molecule has 260 valence electrons. The lowest BCUT2D eigenvalue weighted by Crippen LogP contribution is -2.07. The molecule has 0 saturated heterocycles. The Morgan fingerprint density at radius 1 is 0.479 bits per heavy atom. The molecule has 2 heterocycles. The molecule has 0 radical (unpaired) electrons. The molecule has 0 amide bonds. The number of rotatable bonds is 22. The molecule has 2 aliphatic heterocycles. The van der Waals surface area contributed by atoms with Crippen LogP contribution in [0.5, 0.6) is 11.5 Å². The van der Waals surface area contributed by atoms with Crippen molar-refractivity contribution < 1.29 is 19.1 Å². The summed E-state index contributed by atoms with van der Waals surface area (Å²) >= 11 is 7.09. The number of hydrogen-bond donors (Lipinski definition) is 0. The van der Waals surface area contributed by atoms with Crippen LogP contribution < -0.4 is 9.47 Å². The van der Waals surface area contributed by atoms with Crippen molar-refractivity contribution in [2.75, 3.05) is 0 Å². The lowest BCUT2D eigenvalue weighted by atomic mass is 10.1. The molecule has 48 heavy (non-hydrogen) atoms. The minimum absolute atomic E-state index is 0.144. The van der Waals surface area contributed by atoms with E-state index < -0.39 is 0 Å². The average Bonchev–Trinajstić information content (AvgIpc) is 3.79. The first-order chi connectivity index (χ1) is 23.6. The predicted octanol–water partition coefficient (Wildman–Crippen LogP) is 13.9. The van der Waals surface area contributed by atoms with Gasteiger partial charge in [-0.2, -0.15) is 0 Å². The highest BCUT2D eigenvalue weighted by atomic mass is 32.2. The van der Waals surface area contributed by atoms with Gasteiger partial charge in [0.25, 0.3) is 0 Å². The van der Waals surface area contributed by atoms with Crippen LogP contribution in [0.25, 0.3) is 9.81 Å². The van der Waals surface area contributed by atoms with Gasteiger partial charge < -0.3 is 9.47 Å². The average molecular weight is 725 g/mol. The molecule has 2 aromatic rings. The van der Waals surface area contributed by atoms with E-state index in [4.69, 9.17) is 9.47 Å². The van der Waals surface area contributed by atoms with E-state index in [9.17, 15) is 9.59 Å². The van der Waals surface area contributed by atoms with E-state index in [1.165, 1.54) is 95.3 Å². The van der Waals surface area contributed by atoms with Gasteiger partial charge in [0.05, 0.1) is 8.47 Å². The molecule has 0 saturated carbocycles. The van der Waals surface area contributed by atoms with Crippen molar-refractivity contribution in [2.24, 2.45) is 0 Å². The van der Waals surface area contributed by atoms with Crippen LogP contribution in [0.1, 0.15) is 141 Å². The monoisotopic (exact) mass is 724 g/mol. The summed E-state index contributed by atoms with van der Waals surface area (Å²) < 4.78 is 13.7. The van der Waals surface area contributed by atoms with Crippen LogP contribution in [0.15, 0.2) is 67.8 Å². The Morgan fingerprint density at radius 2 is 0.812 bits per heavy atom. The SMILES string of the molecule is CCCCCCCCCCC(=O)Oc1ccc(C2=CS/C(=C3/SC=C(c4ccc(OC(=O)CCCCCCCCCC)cc4)S3)S2)cc1. The van der Waals surface area contributed by atoms with Gasteiger partial charge in [-0.3, -0.25) is 9.59 Å². The summed E-state index contributed by atoms with van der Waals surface area (Å²) in [6.45, 7) is 4.48. The van der Waals surface area contributed by atoms with Gasteiger partial charge in [0.15, 0.2) is 0 Å². The van der Waals surface area contributed by atoms with Gasteiger partial charge in [0, 0.05) is 22.7 Å². The van der Waals surface area contributed by atoms with Crippen LogP contribution in [-0.4, -0.2) is 11.9 Å². The van der Waals surface area contributed by atoms with E-state index in [-0.39, 0.29) is 11.9 Å².